The van der Waals surface area contributed by atoms with Crippen molar-refractivity contribution in [3.8, 4) is 11.6 Å². The minimum Gasteiger partial charge on any atom is -0.439 e. The number of rotatable bonds is 3. The van der Waals surface area contributed by atoms with Crippen LogP contribution in [-0.2, 0) is 12.1 Å². The molecule has 1 heterocycles. The highest BCUT2D eigenvalue weighted by atomic mass is 79.9. The summed E-state index contributed by atoms with van der Waals surface area (Å²) in [6.45, 7) is 0. The van der Waals surface area contributed by atoms with Crippen LogP contribution in [0.5, 0.6) is 11.6 Å². The summed E-state index contributed by atoms with van der Waals surface area (Å²) in [6, 6.07) is 6.30. The molecule has 0 atom stereocenters. The lowest BCUT2D eigenvalue weighted by molar-refractivity contribution is -0.137. The average Bonchev–Trinajstić information content (AvgIpc) is 2.40. The van der Waals surface area contributed by atoms with E-state index in [9.17, 15) is 13.2 Å². The van der Waals surface area contributed by atoms with Gasteiger partial charge in [0, 0.05) is 16.2 Å². The molecule has 0 spiro atoms. The molecule has 0 saturated carbocycles. The Morgan fingerprint density at radius 2 is 2.00 bits per heavy atom. The molecule has 2 nitrogen and oxygen atoms in total. The quantitative estimate of drug-likeness (QED) is 0.679. The van der Waals surface area contributed by atoms with Crippen LogP contribution in [-0.4, -0.2) is 4.98 Å². The third-order valence-corrected chi connectivity index (χ3v) is 3.13. The molecule has 0 radical (unpaired) electrons. The number of pyridine rings is 1. The van der Waals surface area contributed by atoms with Gasteiger partial charge in [0.05, 0.1) is 11.4 Å². The lowest BCUT2D eigenvalue weighted by Gasteiger charge is -2.11. The van der Waals surface area contributed by atoms with Gasteiger partial charge in [0.1, 0.15) is 5.75 Å². The van der Waals surface area contributed by atoms with Crippen molar-refractivity contribution in [1.29, 1.82) is 0 Å². The molecular formula is C13H8BrClF3NO. The average molecular weight is 367 g/mol. The van der Waals surface area contributed by atoms with Gasteiger partial charge in [-0.3, -0.25) is 0 Å². The highest BCUT2D eigenvalue weighted by molar-refractivity contribution is 9.10. The van der Waals surface area contributed by atoms with Crippen molar-refractivity contribution in [2.45, 2.75) is 12.1 Å². The molecule has 0 saturated heterocycles. The number of nitrogens with zero attached hydrogens (tertiary/aromatic N) is 1. The predicted octanol–water partition coefficient (Wildman–Crippen LogP) is 5.39. The Balaban J connectivity index is 2.31. The van der Waals surface area contributed by atoms with Gasteiger partial charge in [-0.15, -0.1) is 11.6 Å². The fourth-order valence-corrected chi connectivity index (χ4v) is 2.07. The summed E-state index contributed by atoms with van der Waals surface area (Å²) in [5, 5.41) is 0. The van der Waals surface area contributed by atoms with Crippen molar-refractivity contribution in [1.82, 2.24) is 4.98 Å². The van der Waals surface area contributed by atoms with E-state index in [0.717, 1.165) is 12.1 Å². The van der Waals surface area contributed by atoms with E-state index in [1.807, 2.05) is 0 Å². The number of hydrogen-bond acceptors (Lipinski definition) is 2. The normalized spacial score (nSPS) is 11.4. The first kappa shape index (κ1) is 15.1. The number of halogens is 5. The van der Waals surface area contributed by atoms with E-state index in [1.165, 1.54) is 18.3 Å². The van der Waals surface area contributed by atoms with Gasteiger partial charge < -0.3 is 4.74 Å². The molecule has 1 aromatic heterocycles. The Morgan fingerprint density at radius 3 is 2.65 bits per heavy atom. The third kappa shape index (κ3) is 3.64. The summed E-state index contributed by atoms with van der Waals surface area (Å²) in [4.78, 5) is 4.00. The van der Waals surface area contributed by atoms with Gasteiger partial charge in [0.2, 0.25) is 5.88 Å². The Bertz CT molecular complexity index is 619. The van der Waals surface area contributed by atoms with Gasteiger partial charge in [-0.25, -0.2) is 4.98 Å². The van der Waals surface area contributed by atoms with E-state index in [4.69, 9.17) is 16.3 Å². The second-order valence-corrected chi connectivity index (χ2v) is 5.06. The second kappa shape index (κ2) is 6.01. The number of ether oxygens (including phenoxy) is 1. The van der Waals surface area contributed by atoms with Crippen molar-refractivity contribution >= 4 is 27.5 Å². The number of alkyl halides is 4. The molecule has 0 unspecified atom stereocenters. The van der Waals surface area contributed by atoms with Crippen LogP contribution < -0.4 is 4.74 Å². The van der Waals surface area contributed by atoms with Crippen molar-refractivity contribution in [2.75, 3.05) is 0 Å². The van der Waals surface area contributed by atoms with Crippen LogP contribution in [0.4, 0.5) is 13.2 Å². The summed E-state index contributed by atoms with van der Waals surface area (Å²) < 4.78 is 43.9. The molecule has 0 fully saturated rings. The molecule has 0 amide bonds. The first-order valence-corrected chi connectivity index (χ1v) is 6.78. The summed E-state index contributed by atoms with van der Waals surface area (Å²) in [5.41, 5.74) is -0.196. The maximum Gasteiger partial charge on any atom is 0.416 e. The number of benzene rings is 1. The molecule has 0 bridgehead atoms. The van der Waals surface area contributed by atoms with Crippen LogP contribution in [0, 0.1) is 0 Å². The maximum absolute atomic E-state index is 12.6. The molecule has 106 valence electrons. The van der Waals surface area contributed by atoms with Crippen LogP contribution in [0.25, 0.3) is 0 Å². The highest BCUT2D eigenvalue weighted by Gasteiger charge is 2.30. The van der Waals surface area contributed by atoms with Crippen LogP contribution in [0.2, 0.25) is 0 Å². The topological polar surface area (TPSA) is 22.1 Å². The van der Waals surface area contributed by atoms with Gasteiger partial charge >= 0.3 is 6.18 Å². The summed E-state index contributed by atoms with van der Waals surface area (Å²) >= 11 is 8.99. The minimum atomic E-state index is -4.41. The van der Waals surface area contributed by atoms with E-state index >= 15 is 0 Å². The smallest absolute Gasteiger partial charge is 0.416 e. The SMILES string of the molecule is FC(F)(F)c1cccc(Oc2ncc(Br)cc2CCl)c1. The zero-order valence-corrected chi connectivity index (χ0v) is 12.3. The Kier molecular flexibility index (Phi) is 4.55. The third-order valence-electron chi connectivity index (χ3n) is 2.41. The highest BCUT2D eigenvalue weighted by Crippen LogP contribution is 2.33. The van der Waals surface area contributed by atoms with Gasteiger partial charge in [0.25, 0.3) is 0 Å². The number of hydrogen-bond donors (Lipinski definition) is 0. The van der Waals surface area contributed by atoms with E-state index in [1.54, 1.807) is 6.07 Å². The molecule has 0 aliphatic rings. The molecule has 0 aliphatic heterocycles. The second-order valence-electron chi connectivity index (χ2n) is 3.88. The predicted molar refractivity (Wildman–Crippen MR) is 73.0 cm³/mol. The zero-order chi connectivity index (χ0) is 14.8. The molecule has 1 aromatic carbocycles. The summed E-state index contributed by atoms with van der Waals surface area (Å²) in [6.07, 6.45) is -2.93. The zero-order valence-electron chi connectivity index (χ0n) is 9.92. The van der Waals surface area contributed by atoms with Crippen LogP contribution in [0.15, 0.2) is 41.0 Å². The first-order chi connectivity index (χ1) is 9.40. The molecular weight excluding hydrogens is 359 g/mol. The number of aromatic nitrogens is 1. The molecule has 20 heavy (non-hydrogen) atoms. The van der Waals surface area contributed by atoms with E-state index in [0.29, 0.717) is 10.0 Å². The first-order valence-electron chi connectivity index (χ1n) is 5.45. The maximum atomic E-state index is 12.6. The molecule has 0 N–H and O–H groups in total. The van der Waals surface area contributed by atoms with Crippen molar-refractivity contribution in [2.24, 2.45) is 0 Å². The van der Waals surface area contributed by atoms with Crippen molar-refractivity contribution in [3.63, 3.8) is 0 Å². The van der Waals surface area contributed by atoms with E-state index in [-0.39, 0.29) is 17.5 Å². The monoisotopic (exact) mass is 365 g/mol. The Labute approximate surface area is 126 Å². The van der Waals surface area contributed by atoms with Crippen LogP contribution in [0.1, 0.15) is 11.1 Å². The lowest BCUT2D eigenvalue weighted by atomic mass is 10.2. The summed E-state index contributed by atoms with van der Waals surface area (Å²) in [5.74, 6) is 0.379. The Morgan fingerprint density at radius 1 is 1.25 bits per heavy atom. The minimum absolute atomic E-state index is 0.0565. The van der Waals surface area contributed by atoms with Crippen LogP contribution in [0.3, 0.4) is 0 Å². The molecule has 7 heteroatoms. The van der Waals surface area contributed by atoms with Gasteiger partial charge in [-0.05, 0) is 40.2 Å². The van der Waals surface area contributed by atoms with E-state index < -0.39 is 11.7 Å². The van der Waals surface area contributed by atoms with Crippen molar-refractivity contribution < 1.29 is 17.9 Å². The summed E-state index contributed by atoms with van der Waals surface area (Å²) in [7, 11) is 0. The molecule has 2 aromatic rings. The standard InChI is InChI=1S/C13H8BrClF3NO/c14-10-4-8(6-15)12(19-7-10)20-11-3-1-2-9(5-11)13(16,17)18/h1-5,7H,6H2. The molecule has 2 rings (SSSR count). The van der Waals surface area contributed by atoms with Gasteiger partial charge in [-0.1, -0.05) is 6.07 Å². The fourth-order valence-electron chi connectivity index (χ4n) is 1.50. The van der Waals surface area contributed by atoms with Gasteiger partial charge in [0.15, 0.2) is 0 Å². The fraction of sp³-hybridized carbons (Fsp3) is 0.154. The lowest BCUT2D eigenvalue weighted by Crippen LogP contribution is -2.04. The van der Waals surface area contributed by atoms with E-state index in [2.05, 4.69) is 20.9 Å². The Hall–Kier alpha value is -1.27. The largest absolute Gasteiger partial charge is 0.439 e. The van der Waals surface area contributed by atoms with Gasteiger partial charge in [-0.2, -0.15) is 13.2 Å². The van der Waals surface area contributed by atoms with Crippen LogP contribution >= 0.6 is 27.5 Å². The van der Waals surface area contributed by atoms with Crippen molar-refractivity contribution in [3.05, 3.63) is 52.1 Å². The molecule has 0 aliphatic carbocycles.